The predicted molar refractivity (Wildman–Crippen MR) is 164 cm³/mol. The van der Waals surface area contributed by atoms with Crippen LogP contribution >= 0.6 is 0 Å². The topological polar surface area (TPSA) is 221 Å². The van der Waals surface area contributed by atoms with Gasteiger partial charge in [-0.3, -0.25) is 19.2 Å². The molecule has 0 unspecified atom stereocenters. The molecule has 0 saturated carbocycles. The number of carbonyl (C=O) groups is 4. The van der Waals surface area contributed by atoms with Crippen LogP contribution in [0.3, 0.4) is 0 Å². The smallest absolute Gasteiger partial charge is 0.222 e. The first-order chi connectivity index (χ1) is 21.8. The Morgan fingerprint density at radius 3 is 1.40 bits per heavy atom. The average Bonchev–Trinajstić information content (AvgIpc) is 3.02. The van der Waals surface area contributed by atoms with Gasteiger partial charge in [0.1, 0.15) is 5.54 Å². The Morgan fingerprint density at radius 1 is 0.600 bits per heavy atom. The second-order valence-electron chi connectivity index (χ2n) is 10.0. The molecule has 0 aliphatic heterocycles. The van der Waals surface area contributed by atoms with Gasteiger partial charge in [-0.15, -0.1) is 0 Å². The van der Waals surface area contributed by atoms with E-state index >= 15 is 0 Å². The van der Waals surface area contributed by atoms with Crippen LogP contribution in [-0.4, -0.2) is 136 Å². The predicted octanol–water partition coefficient (Wildman–Crippen LogP) is 0.220. The highest BCUT2D eigenvalue weighted by Gasteiger charge is 2.34. The highest BCUT2D eigenvalue weighted by atomic mass is 16.5. The van der Waals surface area contributed by atoms with Gasteiger partial charge in [0.25, 0.3) is 0 Å². The standard InChI is InChI=1S/C28H53N7O10/c1-40-18-12-30-24(36)8-15-43-21-28(22-44-16-9-25(37)31-13-19-41-2,23-45-17-10-26(38)32-14-20-42-3)34-27(39)7-5-4-6-11-33-35-29/h4-23H2,1-3H3,(H,30,36)(H,31,37)(H,32,38)(H,34,39). The van der Waals surface area contributed by atoms with Crippen LogP contribution in [-0.2, 0) is 47.6 Å². The minimum absolute atomic E-state index is 0.0545. The second kappa shape index (κ2) is 29.6. The van der Waals surface area contributed by atoms with Gasteiger partial charge in [-0.05, 0) is 18.4 Å². The maximum atomic E-state index is 13.0. The third-order valence-electron chi connectivity index (χ3n) is 6.07. The van der Waals surface area contributed by atoms with Gasteiger partial charge in [-0.25, -0.2) is 0 Å². The van der Waals surface area contributed by atoms with Crippen molar-refractivity contribution < 1.29 is 47.6 Å². The minimum atomic E-state index is -1.17. The first kappa shape index (κ1) is 42.0. The Balaban J connectivity index is 5.38. The molecular formula is C28H53N7O10. The molecule has 0 atom stereocenters. The maximum Gasteiger partial charge on any atom is 0.222 e. The van der Waals surface area contributed by atoms with Crippen molar-refractivity contribution in [2.75, 3.05) is 107 Å². The van der Waals surface area contributed by atoms with Crippen molar-refractivity contribution in [1.29, 1.82) is 0 Å². The SMILES string of the molecule is COCCNC(=O)CCOCC(COCCC(=O)NCCOC)(COCCC(=O)NCCOC)NC(=O)CCCCCN=[N+]=[N-]. The van der Waals surface area contributed by atoms with Crippen LogP contribution in [0.15, 0.2) is 5.11 Å². The maximum absolute atomic E-state index is 13.0. The highest BCUT2D eigenvalue weighted by molar-refractivity contribution is 5.77. The van der Waals surface area contributed by atoms with Crippen LogP contribution in [0.5, 0.6) is 0 Å². The van der Waals surface area contributed by atoms with Gasteiger partial charge in [0.2, 0.25) is 23.6 Å². The molecule has 260 valence electrons. The van der Waals surface area contributed by atoms with Gasteiger partial charge < -0.3 is 49.7 Å². The van der Waals surface area contributed by atoms with E-state index in [0.717, 1.165) is 0 Å². The monoisotopic (exact) mass is 647 g/mol. The summed E-state index contributed by atoms with van der Waals surface area (Å²) in [6.07, 6.45) is 2.37. The molecule has 45 heavy (non-hydrogen) atoms. The lowest BCUT2D eigenvalue weighted by molar-refractivity contribution is -0.130. The highest BCUT2D eigenvalue weighted by Crippen LogP contribution is 2.12. The fraction of sp³-hybridized carbons (Fsp3) is 0.857. The Bertz CT molecular complexity index is 785. The number of azide groups is 1. The summed E-state index contributed by atoms with van der Waals surface area (Å²) in [7, 11) is 4.62. The van der Waals surface area contributed by atoms with Crippen LogP contribution < -0.4 is 21.3 Å². The van der Waals surface area contributed by atoms with Crippen LogP contribution in [0.1, 0.15) is 44.9 Å². The molecule has 0 spiro atoms. The lowest BCUT2D eigenvalue weighted by Gasteiger charge is -2.34. The number of unbranched alkanes of at least 4 members (excludes halogenated alkanes) is 2. The van der Waals surface area contributed by atoms with Crippen molar-refractivity contribution in [3.63, 3.8) is 0 Å². The first-order valence-electron chi connectivity index (χ1n) is 15.1. The lowest BCUT2D eigenvalue weighted by atomic mass is 10.0. The van der Waals surface area contributed by atoms with Gasteiger partial charge in [0.15, 0.2) is 0 Å². The number of methoxy groups -OCH3 is 3. The van der Waals surface area contributed by atoms with Crippen molar-refractivity contribution in [2.24, 2.45) is 5.11 Å². The van der Waals surface area contributed by atoms with Crippen molar-refractivity contribution in [3.05, 3.63) is 10.4 Å². The first-order valence-corrected chi connectivity index (χ1v) is 15.1. The number of hydrogen-bond donors (Lipinski definition) is 4. The number of rotatable bonds is 31. The summed E-state index contributed by atoms with van der Waals surface area (Å²) in [6, 6.07) is 0. The lowest BCUT2D eigenvalue weighted by Crippen LogP contribution is -2.58. The molecule has 0 radical (unpaired) electrons. The zero-order valence-corrected chi connectivity index (χ0v) is 27.1. The number of nitrogens with zero attached hydrogens (tertiary/aromatic N) is 3. The van der Waals surface area contributed by atoms with Crippen molar-refractivity contribution >= 4 is 23.6 Å². The van der Waals surface area contributed by atoms with E-state index in [4.69, 9.17) is 34.0 Å². The summed E-state index contributed by atoms with van der Waals surface area (Å²) < 4.78 is 32.3. The van der Waals surface area contributed by atoms with Crippen molar-refractivity contribution in [2.45, 2.75) is 50.5 Å². The van der Waals surface area contributed by atoms with Gasteiger partial charge in [-0.1, -0.05) is 11.5 Å². The molecule has 0 aliphatic rings. The summed E-state index contributed by atoms with van der Waals surface area (Å²) in [5, 5.41) is 14.6. The molecule has 0 aromatic rings. The molecule has 0 aliphatic carbocycles. The number of amides is 4. The molecule has 4 N–H and O–H groups in total. The molecule has 0 rings (SSSR count). The third kappa shape index (κ3) is 25.9. The van der Waals surface area contributed by atoms with Gasteiger partial charge in [-0.2, -0.15) is 0 Å². The Labute approximate surface area is 265 Å². The number of carbonyl (C=O) groups excluding carboxylic acids is 4. The molecule has 0 aromatic carbocycles. The molecule has 17 nitrogen and oxygen atoms in total. The fourth-order valence-electron chi connectivity index (χ4n) is 3.72. The molecule has 0 saturated heterocycles. The Kier molecular flexibility index (Phi) is 27.6. The zero-order chi connectivity index (χ0) is 33.4. The van der Waals surface area contributed by atoms with E-state index in [1.54, 1.807) is 21.3 Å². The molecule has 0 fully saturated rings. The summed E-state index contributed by atoms with van der Waals surface area (Å²) >= 11 is 0. The summed E-state index contributed by atoms with van der Waals surface area (Å²) in [4.78, 5) is 52.0. The van der Waals surface area contributed by atoms with E-state index in [1.807, 2.05) is 0 Å². The summed E-state index contributed by atoms with van der Waals surface area (Å²) in [5.41, 5.74) is 7.25. The Morgan fingerprint density at radius 2 is 1.02 bits per heavy atom. The van der Waals surface area contributed by atoms with Gasteiger partial charge in [0.05, 0.1) is 59.5 Å². The van der Waals surface area contributed by atoms with E-state index in [9.17, 15) is 19.2 Å². The van der Waals surface area contributed by atoms with E-state index in [0.29, 0.717) is 65.3 Å². The van der Waals surface area contributed by atoms with Gasteiger partial charge in [0, 0.05) is 78.1 Å². The van der Waals surface area contributed by atoms with E-state index in [2.05, 4.69) is 31.3 Å². The number of hydrogen-bond acceptors (Lipinski definition) is 11. The van der Waals surface area contributed by atoms with Crippen LogP contribution in [0.4, 0.5) is 0 Å². The molecule has 17 heteroatoms. The molecule has 0 aromatic heterocycles. The molecule has 0 bridgehead atoms. The zero-order valence-electron chi connectivity index (χ0n) is 27.1. The average molecular weight is 648 g/mol. The minimum Gasteiger partial charge on any atom is -0.383 e. The Hall–Kier alpha value is -3.05. The van der Waals surface area contributed by atoms with E-state index in [-0.39, 0.29) is 89.0 Å². The summed E-state index contributed by atoms with van der Waals surface area (Å²) in [6.45, 7) is 2.68. The van der Waals surface area contributed by atoms with Gasteiger partial charge >= 0.3 is 0 Å². The molecule has 4 amide bonds. The summed E-state index contributed by atoms with van der Waals surface area (Å²) in [5.74, 6) is -0.918. The van der Waals surface area contributed by atoms with Crippen LogP contribution in [0.2, 0.25) is 0 Å². The van der Waals surface area contributed by atoms with E-state index < -0.39 is 5.54 Å². The van der Waals surface area contributed by atoms with Crippen LogP contribution in [0.25, 0.3) is 10.4 Å². The fourth-order valence-corrected chi connectivity index (χ4v) is 3.72. The quantitative estimate of drug-likeness (QED) is 0.0347. The second-order valence-corrected chi connectivity index (χ2v) is 10.0. The largest absolute Gasteiger partial charge is 0.383 e. The third-order valence-corrected chi connectivity index (χ3v) is 6.07. The normalized spacial score (nSPS) is 11.0. The number of ether oxygens (including phenoxy) is 6. The van der Waals surface area contributed by atoms with Crippen LogP contribution in [0, 0.1) is 0 Å². The molecular weight excluding hydrogens is 594 g/mol. The number of nitrogens with one attached hydrogen (secondary N) is 4. The van der Waals surface area contributed by atoms with Crippen molar-refractivity contribution in [1.82, 2.24) is 21.3 Å². The van der Waals surface area contributed by atoms with E-state index in [1.165, 1.54) is 0 Å². The molecule has 0 heterocycles. The van der Waals surface area contributed by atoms with Crippen molar-refractivity contribution in [3.8, 4) is 0 Å².